The van der Waals surface area contributed by atoms with Crippen LogP contribution in [0.15, 0.2) is 54.6 Å². The van der Waals surface area contributed by atoms with Crippen molar-refractivity contribution in [1.82, 2.24) is 0 Å². The van der Waals surface area contributed by atoms with Gasteiger partial charge in [-0.25, -0.2) is 0 Å². The second-order valence-corrected chi connectivity index (χ2v) is 4.37. The fourth-order valence-corrected chi connectivity index (χ4v) is 1.92. The summed E-state index contributed by atoms with van der Waals surface area (Å²) in [5.74, 6) is -0.158. The number of nitrogens with zero attached hydrogens (tertiary/aromatic N) is 2. The average molecular weight is 270 g/mol. The Labute approximate surface area is 116 Å². The third-order valence-corrected chi connectivity index (χ3v) is 2.92. The Balaban J connectivity index is 2.31. The van der Waals surface area contributed by atoms with Gasteiger partial charge in [-0.1, -0.05) is 36.4 Å². The van der Waals surface area contributed by atoms with Crippen molar-refractivity contribution in [1.29, 1.82) is 0 Å². The monoisotopic (exact) mass is 270 g/mol. The number of rotatable bonds is 4. The molecule has 0 unspecified atom stereocenters. The zero-order chi connectivity index (χ0) is 14.5. The van der Waals surface area contributed by atoms with Crippen LogP contribution in [0.5, 0.6) is 0 Å². The van der Waals surface area contributed by atoms with Crippen LogP contribution < -0.4 is 4.90 Å². The normalized spacial score (nSPS) is 10.1. The van der Waals surface area contributed by atoms with E-state index in [1.165, 1.54) is 24.0 Å². The molecule has 0 spiro atoms. The molecular formula is C15H14N2O3. The number of benzene rings is 2. The predicted octanol–water partition coefficient (Wildman–Crippen LogP) is 3.15. The second-order valence-electron chi connectivity index (χ2n) is 4.37. The minimum Gasteiger partial charge on any atom is -0.308 e. The van der Waals surface area contributed by atoms with Crippen molar-refractivity contribution in [3.8, 4) is 0 Å². The van der Waals surface area contributed by atoms with Crippen LogP contribution in [0.1, 0.15) is 12.5 Å². The number of non-ortho nitro benzene ring substituents is 1. The van der Waals surface area contributed by atoms with E-state index in [0.717, 1.165) is 5.56 Å². The molecule has 2 aromatic rings. The van der Waals surface area contributed by atoms with Crippen LogP contribution in [-0.2, 0) is 11.3 Å². The van der Waals surface area contributed by atoms with Crippen molar-refractivity contribution in [2.24, 2.45) is 0 Å². The van der Waals surface area contributed by atoms with E-state index in [9.17, 15) is 14.9 Å². The summed E-state index contributed by atoms with van der Waals surface area (Å²) < 4.78 is 0. The topological polar surface area (TPSA) is 63.5 Å². The maximum absolute atomic E-state index is 11.8. The molecule has 0 bridgehead atoms. The molecule has 1 amide bonds. The molecule has 0 heterocycles. The van der Waals surface area contributed by atoms with Gasteiger partial charge in [0.05, 0.1) is 17.2 Å². The lowest BCUT2D eigenvalue weighted by Crippen LogP contribution is -2.27. The van der Waals surface area contributed by atoms with Crippen molar-refractivity contribution in [3.63, 3.8) is 0 Å². The third kappa shape index (κ3) is 3.20. The number of carbonyl (C=O) groups excluding carboxylic acids is 1. The summed E-state index contributed by atoms with van der Waals surface area (Å²) in [5, 5.41) is 10.8. The molecule has 0 saturated heterocycles. The summed E-state index contributed by atoms with van der Waals surface area (Å²) in [5.41, 5.74) is 1.46. The maximum Gasteiger partial charge on any atom is 0.271 e. The lowest BCUT2D eigenvalue weighted by atomic mass is 10.2. The van der Waals surface area contributed by atoms with E-state index in [1.807, 2.05) is 30.3 Å². The lowest BCUT2D eigenvalue weighted by molar-refractivity contribution is -0.384. The van der Waals surface area contributed by atoms with Crippen LogP contribution in [0.2, 0.25) is 0 Å². The molecular weight excluding hydrogens is 256 g/mol. The zero-order valence-corrected chi connectivity index (χ0v) is 11.0. The van der Waals surface area contributed by atoms with Gasteiger partial charge in [-0.3, -0.25) is 14.9 Å². The summed E-state index contributed by atoms with van der Waals surface area (Å²) in [6.45, 7) is 1.83. The smallest absolute Gasteiger partial charge is 0.271 e. The molecule has 0 saturated carbocycles. The molecule has 20 heavy (non-hydrogen) atoms. The average Bonchev–Trinajstić information content (AvgIpc) is 2.45. The summed E-state index contributed by atoms with van der Waals surface area (Å²) in [7, 11) is 0. The predicted molar refractivity (Wildman–Crippen MR) is 76.4 cm³/mol. The van der Waals surface area contributed by atoms with Crippen LogP contribution in [0.3, 0.4) is 0 Å². The highest BCUT2D eigenvalue weighted by Crippen LogP contribution is 2.22. The number of nitro groups is 1. The fraction of sp³-hybridized carbons (Fsp3) is 0.133. The zero-order valence-electron chi connectivity index (χ0n) is 11.0. The summed E-state index contributed by atoms with van der Waals surface area (Å²) in [4.78, 5) is 23.6. The minimum absolute atomic E-state index is 0.0261. The van der Waals surface area contributed by atoms with Gasteiger partial charge in [0.25, 0.3) is 5.69 Å². The first-order valence-corrected chi connectivity index (χ1v) is 6.14. The van der Waals surface area contributed by atoms with Crippen molar-refractivity contribution in [2.75, 3.05) is 4.90 Å². The summed E-state index contributed by atoms with van der Waals surface area (Å²) in [6, 6.07) is 15.6. The van der Waals surface area contributed by atoms with Gasteiger partial charge >= 0.3 is 0 Å². The number of hydrogen-bond donors (Lipinski definition) is 0. The van der Waals surface area contributed by atoms with Crippen LogP contribution >= 0.6 is 0 Å². The van der Waals surface area contributed by atoms with E-state index in [1.54, 1.807) is 12.1 Å². The van der Waals surface area contributed by atoms with E-state index >= 15 is 0 Å². The van der Waals surface area contributed by atoms with Crippen molar-refractivity contribution >= 4 is 17.3 Å². The number of carbonyl (C=O) groups is 1. The van der Waals surface area contributed by atoms with Crippen molar-refractivity contribution in [3.05, 3.63) is 70.3 Å². The largest absolute Gasteiger partial charge is 0.308 e. The minimum atomic E-state index is -0.468. The van der Waals surface area contributed by atoms with Crippen LogP contribution in [0.25, 0.3) is 0 Å². The summed E-state index contributed by atoms with van der Waals surface area (Å²) >= 11 is 0. The summed E-state index contributed by atoms with van der Waals surface area (Å²) in [6.07, 6.45) is 0. The third-order valence-electron chi connectivity index (χ3n) is 2.92. The molecule has 0 radical (unpaired) electrons. The molecule has 102 valence electrons. The fourth-order valence-electron chi connectivity index (χ4n) is 1.92. The molecule has 5 heteroatoms. The van der Waals surface area contributed by atoms with E-state index in [-0.39, 0.29) is 11.6 Å². The Morgan fingerprint density at radius 1 is 1.15 bits per heavy atom. The molecule has 0 aliphatic heterocycles. The standard InChI is InChI=1S/C15H14N2O3/c1-12(18)16(11-13-6-3-2-4-7-13)14-8-5-9-15(10-14)17(19)20/h2-10H,11H2,1H3. The molecule has 0 atom stereocenters. The highest BCUT2D eigenvalue weighted by Gasteiger charge is 2.15. The molecule has 0 N–H and O–H groups in total. The quantitative estimate of drug-likeness (QED) is 0.633. The Bertz CT molecular complexity index is 626. The molecule has 0 aliphatic rings. The Hall–Kier alpha value is -2.69. The van der Waals surface area contributed by atoms with Gasteiger partial charge in [-0.2, -0.15) is 0 Å². The highest BCUT2D eigenvalue weighted by molar-refractivity contribution is 5.91. The Morgan fingerprint density at radius 2 is 1.85 bits per heavy atom. The van der Waals surface area contributed by atoms with E-state index in [2.05, 4.69) is 0 Å². The molecule has 0 fully saturated rings. The Kier molecular flexibility index (Phi) is 4.10. The SMILES string of the molecule is CC(=O)N(Cc1ccccc1)c1cccc([N+](=O)[O-])c1. The van der Waals surface area contributed by atoms with Gasteiger partial charge in [-0.15, -0.1) is 0 Å². The molecule has 2 aromatic carbocycles. The van der Waals surface area contributed by atoms with Gasteiger partial charge < -0.3 is 4.90 Å². The van der Waals surface area contributed by atoms with Crippen molar-refractivity contribution in [2.45, 2.75) is 13.5 Å². The molecule has 0 aliphatic carbocycles. The van der Waals surface area contributed by atoms with Crippen LogP contribution in [0.4, 0.5) is 11.4 Å². The molecule has 2 rings (SSSR count). The van der Waals surface area contributed by atoms with Gasteiger partial charge in [0.15, 0.2) is 0 Å². The second kappa shape index (κ2) is 5.97. The molecule has 5 nitrogen and oxygen atoms in total. The van der Waals surface area contributed by atoms with Crippen LogP contribution in [-0.4, -0.2) is 10.8 Å². The number of anilines is 1. The first-order valence-electron chi connectivity index (χ1n) is 6.14. The first kappa shape index (κ1) is 13.7. The van der Waals surface area contributed by atoms with Gasteiger partial charge in [0, 0.05) is 19.1 Å². The number of hydrogen-bond acceptors (Lipinski definition) is 3. The first-order chi connectivity index (χ1) is 9.58. The number of amides is 1. The Morgan fingerprint density at radius 3 is 2.45 bits per heavy atom. The van der Waals surface area contributed by atoms with Gasteiger partial charge in [0.1, 0.15) is 0 Å². The van der Waals surface area contributed by atoms with E-state index in [0.29, 0.717) is 12.2 Å². The highest BCUT2D eigenvalue weighted by atomic mass is 16.6. The molecule has 0 aromatic heterocycles. The maximum atomic E-state index is 11.8. The van der Waals surface area contributed by atoms with E-state index < -0.39 is 4.92 Å². The van der Waals surface area contributed by atoms with Gasteiger partial charge in [0.2, 0.25) is 5.91 Å². The lowest BCUT2D eigenvalue weighted by Gasteiger charge is -2.21. The number of nitro benzene ring substituents is 1. The van der Waals surface area contributed by atoms with Gasteiger partial charge in [-0.05, 0) is 11.6 Å². The van der Waals surface area contributed by atoms with Crippen molar-refractivity contribution < 1.29 is 9.72 Å². The van der Waals surface area contributed by atoms with E-state index in [4.69, 9.17) is 0 Å². The van der Waals surface area contributed by atoms with Crippen LogP contribution in [0, 0.1) is 10.1 Å².